The minimum atomic E-state index is -0.694. The molecule has 0 saturated heterocycles. The lowest BCUT2D eigenvalue weighted by molar-refractivity contribution is 0.107. The van der Waals surface area contributed by atoms with Crippen LogP contribution in [0.2, 0.25) is 0 Å². The van der Waals surface area contributed by atoms with E-state index in [1.165, 1.54) is 24.5 Å². The van der Waals surface area contributed by atoms with Gasteiger partial charge in [-0.25, -0.2) is 13.8 Å². The number of oxazole rings is 1. The van der Waals surface area contributed by atoms with E-state index in [4.69, 9.17) is 4.42 Å². The maximum absolute atomic E-state index is 13.7. The highest BCUT2D eigenvalue weighted by atomic mass is 19.1. The summed E-state index contributed by atoms with van der Waals surface area (Å²) in [5.74, 6) is -1.16. The van der Waals surface area contributed by atoms with E-state index in [0.717, 1.165) is 25.8 Å². The molecule has 1 heterocycles. The van der Waals surface area contributed by atoms with Gasteiger partial charge in [0, 0.05) is 13.1 Å². The molecule has 1 saturated carbocycles. The molecule has 2 atom stereocenters. The van der Waals surface area contributed by atoms with Gasteiger partial charge in [0.2, 0.25) is 5.89 Å². The Bertz CT molecular complexity index is 654. The number of benzene rings is 1. The van der Waals surface area contributed by atoms with Crippen LogP contribution in [0, 0.1) is 17.6 Å². The Morgan fingerprint density at radius 1 is 1.30 bits per heavy atom. The van der Waals surface area contributed by atoms with Gasteiger partial charge in [-0.3, -0.25) is 0 Å². The standard InChI is InChI=1S/C17H20F2N2O2/c1-21(8-11-4-2-7-15(11)22)9-12-10-23-17(20-12)16-13(18)5-3-6-14(16)19/h3,5-6,10-11,15,22H,2,4,7-9H2,1H3. The van der Waals surface area contributed by atoms with E-state index in [-0.39, 0.29) is 23.5 Å². The Morgan fingerprint density at radius 3 is 2.70 bits per heavy atom. The number of hydrogen-bond acceptors (Lipinski definition) is 4. The fourth-order valence-electron chi connectivity index (χ4n) is 3.17. The fourth-order valence-corrected chi connectivity index (χ4v) is 3.17. The molecule has 2 unspecified atom stereocenters. The van der Waals surface area contributed by atoms with Crippen molar-refractivity contribution < 1.29 is 18.3 Å². The predicted octanol–water partition coefficient (Wildman–Crippen LogP) is 3.21. The van der Waals surface area contributed by atoms with E-state index in [0.29, 0.717) is 12.2 Å². The van der Waals surface area contributed by atoms with Gasteiger partial charge < -0.3 is 14.4 Å². The molecule has 0 spiro atoms. The molecule has 1 fully saturated rings. The van der Waals surface area contributed by atoms with Crippen LogP contribution in [-0.2, 0) is 6.54 Å². The Hall–Kier alpha value is -1.79. The van der Waals surface area contributed by atoms with Crippen LogP contribution in [-0.4, -0.2) is 34.7 Å². The number of rotatable bonds is 5. The first-order valence-electron chi connectivity index (χ1n) is 7.80. The van der Waals surface area contributed by atoms with Crippen LogP contribution in [0.1, 0.15) is 25.0 Å². The molecule has 0 amide bonds. The molecule has 1 aromatic carbocycles. The van der Waals surface area contributed by atoms with E-state index in [9.17, 15) is 13.9 Å². The van der Waals surface area contributed by atoms with Gasteiger partial charge >= 0.3 is 0 Å². The van der Waals surface area contributed by atoms with Crippen LogP contribution in [0.15, 0.2) is 28.9 Å². The first-order chi connectivity index (χ1) is 11.0. The van der Waals surface area contributed by atoms with Gasteiger partial charge in [0.1, 0.15) is 23.5 Å². The van der Waals surface area contributed by atoms with Gasteiger partial charge in [-0.05, 0) is 37.9 Å². The summed E-state index contributed by atoms with van der Waals surface area (Å²) in [5, 5.41) is 9.87. The Labute approximate surface area is 133 Å². The van der Waals surface area contributed by atoms with Crippen LogP contribution in [0.3, 0.4) is 0 Å². The average Bonchev–Trinajstić information content (AvgIpc) is 3.09. The molecule has 1 aromatic heterocycles. The van der Waals surface area contributed by atoms with Gasteiger partial charge in [0.25, 0.3) is 0 Å². The smallest absolute Gasteiger partial charge is 0.232 e. The van der Waals surface area contributed by atoms with Crippen molar-refractivity contribution >= 4 is 0 Å². The average molecular weight is 322 g/mol. The molecule has 1 aliphatic carbocycles. The highest BCUT2D eigenvalue weighted by molar-refractivity contribution is 5.55. The van der Waals surface area contributed by atoms with Crippen LogP contribution in [0.25, 0.3) is 11.5 Å². The van der Waals surface area contributed by atoms with Crippen LogP contribution in [0.4, 0.5) is 8.78 Å². The molecule has 1 N–H and O–H groups in total. The zero-order valence-electron chi connectivity index (χ0n) is 13.0. The van der Waals surface area contributed by atoms with Crippen molar-refractivity contribution in [1.82, 2.24) is 9.88 Å². The van der Waals surface area contributed by atoms with E-state index in [2.05, 4.69) is 4.98 Å². The largest absolute Gasteiger partial charge is 0.444 e. The molecule has 0 aliphatic heterocycles. The lowest BCUT2D eigenvalue weighted by Gasteiger charge is -2.22. The summed E-state index contributed by atoms with van der Waals surface area (Å²) in [6.07, 6.45) is 4.12. The third kappa shape index (κ3) is 3.59. The Kier molecular flexibility index (Phi) is 4.73. The van der Waals surface area contributed by atoms with Gasteiger partial charge in [0.15, 0.2) is 0 Å². The fraction of sp³-hybridized carbons (Fsp3) is 0.471. The third-order valence-electron chi connectivity index (χ3n) is 4.33. The minimum absolute atomic E-state index is 0.0510. The highest BCUT2D eigenvalue weighted by Crippen LogP contribution is 2.27. The summed E-state index contributed by atoms with van der Waals surface area (Å²) in [4.78, 5) is 6.23. The monoisotopic (exact) mass is 322 g/mol. The van der Waals surface area contributed by atoms with E-state index in [1.807, 2.05) is 11.9 Å². The minimum Gasteiger partial charge on any atom is -0.444 e. The topological polar surface area (TPSA) is 49.5 Å². The highest BCUT2D eigenvalue weighted by Gasteiger charge is 2.26. The van der Waals surface area contributed by atoms with Crippen molar-refractivity contribution in [3.8, 4) is 11.5 Å². The number of halogens is 2. The summed E-state index contributed by atoms with van der Waals surface area (Å²) in [7, 11) is 1.93. The SMILES string of the molecule is CN(Cc1coc(-c2c(F)cccc2F)n1)CC1CCCC1O. The normalized spacial score (nSPS) is 21.3. The number of aliphatic hydroxyl groups excluding tert-OH is 1. The van der Waals surface area contributed by atoms with Crippen molar-refractivity contribution in [2.24, 2.45) is 5.92 Å². The maximum Gasteiger partial charge on any atom is 0.232 e. The number of hydrogen-bond donors (Lipinski definition) is 1. The Balaban J connectivity index is 1.67. The molecule has 0 bridgehead atoms. The summed E-state index contributed by atoms with van der Waals surface area (Å²) < 4.78 is 32.7. The molecular weight excluding hydrogens is 302 g/mol. The lowest BCUT2D eigenvalue weighted by Crippen LogP contribution is -2.29. The molecule has 124 valence electrons. The summed E-state index contributed by atoms with van der Waals surface area (Å²) in [6, 6.07) is 3.66. The van der Waals surface area contributed by atoms with E-state index in [1.54, 1.807) is 0 Å². The van der Waals surface area contributed by atoms with Gasteiger partial charge in [-0.1, -0.05) is 12.5 Å². The second kappa shape index (κ2) is 6.76. The van der Waals surface area contributed by atoms with Crippen molar-refractivity contribution in [3.05, 3.63) is 41.8 Å². The van der Waals surface area contributed by atoms with Gasteiger partial charge in [0.05, 0.1) is 11.8 Å². The number of nitrogens with zero attached hydrogens (tertiary/aromatic N) is 2. The second-order valence-corrected chi connectivity index (χ2v) is 6.20. The summed E-state index contributed by atoms with van der Waals surface area (Å²) >= 11 is 0. The van der Waals surface area contributed by atoms with Gasteiger partial charge in [-0.15, -0.1) is 0 Å². The van der Waals surface area contributed by atoms with Crippen LogP contribution < -0.4 is 0 Å². The molecule has 3 rings (SSSR count). The van der Waals surface area contributed by atoms with E-state index >= 15 is 0 Å². The van der Waals surface area contributed by atoms with Crippen molar-refractivity contribution in [3.63, 3.8) is 0 Å². The number of aliphatic hydroxyl groups is 1. The third-order valence-corrected chi connectivity index (χ3v) is 4.33. The molecule has 6 heteroatoms. The van der Waals surface area contributed by atoms with Crippen LogP contribution in [0.5, 0.6) is 0 Å². The summed E-state index contributed by atoms with van der Waals surface area (Å²) in [5.41, 5.74) is 0.366. The quantitative estimate of drug-likeness (QED) is 0.918. The molecule has 23 heavy (non-hydrogen) atoms. The van der Waals surface area contributed by atoms with Crippen molar-refractivity contribution in [1.29, 1.82) is 0 Å². The lowest BCUT2D eigenvalue weighted by atomic mass is 10.1. The molecule has 2 aromatic rings. The molecular formula is C17H20F2N2O2. The molecule has 4 nitrogen and oxygen atoms in total. The molecule has 1 aliphatic rings. The zero-order chi connectivity index (χ0) is 16.4. The first-order valence-corrected chi connectivity index (χ1v) is 7.80. The number of aromatic nitrogens is 1. The zero-order valence-corrected chi connectivity index (χ0v) is 13.0. The van der Waals surface area contributed by atoms with Crippen LogP contribution >= 0.6 is 0 Å². The van der Waals surface area contributed by atoms with Gasteiger partial charge in [-0.2, -0.15) is 0 Å². The predicted molar refractivity (Wildman–Crippen MR) is 81.5 cm³/mol. The summed E-state index contributed by atoms with van der Waals surface area (Å²) in [6.45, 7) is 1.26. The first kappa shape index (κ1) is 16.1. The van der Waals surface area contributed by atoms with E-state index < -0.39 is 11.6 Å². The second-order valence-electron chi connectivity index (χ2n) is 6.20. The molecule has 0 radical (unpaired) electrons. The van der Waals surface area contributed by atoms with Crippen molar-refractivity contribution in [2.75, 3.05) is 13.6 Å². The maximum atomic E-state index is 13.7. The Morgan fingerprint density at radius 2 is 2.04 bits per heavy atom. The van der Waals surface area contributed by atoms with Crippen molar-refractivity contribution in [2.45, 2.75) is 31.9 Å².